The molecule has 3 rings (SSSR count). The maximum absolute atomic E-state index is 12.3. The summed E-state index contributed by atoms with van der Waals surface area (Å²) in [6.45, 7) is 1.89. The number of ether oxygens (including phenoxy) is 1. The second-order valence-electron chi connectivity index (χ2n) is 5.45. The Morgan fingerprint density at radius 3 is 2.91 bits per heavy atom. The van der Waals surface area contributed by atoms with E-state index in [1.807, 2.05) is 31.2 Å². The molecule has 0 radical (unpaired) electrons. The van der Waals surface area contributed by atoms with Crippen molar-refractivity contribution >= 4 is 11.9 Å². The summed E-state index contributed by atoms with van der Waals surface area (Å²) in [5, 5.41) is 2.86. The fraction of sp³-hybridized carbons (Fsp3) is 0.294. The minimum atomic E-state index is -0.776. The number of cyclic esters (lactones) is 1. The smallest absolute Gasteiger partial charge is 0.339 e. The molecule has 1 aromatic carbocycles. The number of esters is 1. The Kier molecular flexibility index (Phi) is 3.96. The quantitative estimate of drug-likeness (QED) is 0.878. The van der Waals surface area contributed by atoms with E-state index < -0.39 is 12.1 Å². The second kappa shape index (κ2) is 6.05. The molecule has 2 aromatic rings. The highest BCUT2D eigenvalue weighted by Gasteiger charge is 2.31. The Bertz CT molecular complexity index is 678. The first-order chi connectivity index (χ1) is 10.6. The first kappa shape index (κ1) is 14.4. The molecule has 2 atom stereocenters. The number of benzene rings is 1. The number of fused-ring (bicyclic) bond motifs is 1. The van der Waals surface area contributed by atoms with Crippen LogP contribution in [0.2, 0.25) is 0 Å². The standard InChI is InChI=1S/C17H17NO4/c1-11(9-13-6-4-8-21-13)18-16(19)15-10-12-5-2-3-7-14(12)17(20)22-15/h2-8,11,15H,9-10H2,1H3,(H,18,19)/t11-,15-/m0/s1. The van der Waals surface area contributed by atoms with Crippen molar-refractivity contribution in [3.8, 4) is 0 Å². The van der Waals surface area contributed by atoms with E-state index in [1.165, 1.54) is 0 Å². The third kappa shape index (κ3) is 3.03. The van der Waals surface area contributed by atoms with Crippen LogP contribution in [0.15, 0.2) is 47.1 Å². The zero-order valence-electron chi connectivity index (χ0n) is 12.2. The number of rotatable bonds is 4. The van der Waals surface area contributed by atoms with Crippen LogP contribution >= 0.6 is 0 Å². The van der Waals surface area contributed by atoms with Crippen LogP contribution in [-0.4, -0.2) is 24.0 Å². The molecule has 1 amide bonds. The Labute approximate surface area is 128 Å². The van der Waals surface area contributed by atoms with Gasteiger partial charge in [-0.25, -0.2) is 4.79 Å². The highest BCUT2D eigenvalue weighted by atomic mass is 16.5. The van der Waals surface area contributed by atoms with Crippen molar-refractivity contribution in [2.75, 3.05) is 0 Å². The lowest BCUT2D eigenvalue weighted by molar-refractivity contribution is -0.130. The number of hydrogen-bond acceptors (Lipinski definition) is 4. The van der Waals surface area contributed by atoms with Gasteiger partial charge in [0.25, 0.3) is 5.91 Å². The number of hydrogen-bond donors (Lipinski definition) is 1. The van der Waals surface area contributed by atoms with Gasteiger partial charge in [-0.05, 0) is 30.7 Å². The van der Waals surface area contributed by atoms with Crippen LogP contribution < -0.4 is 5.32 Å². The minimum Gasteiger partial charge on any atom is -0.469 e. The van der Waals surface area contributed by atoms with E-state index in [0.717, 1.165) is 11.3 Å². The van der Waals surface area contributed by atoms with E-state index in [2.05, 4.69) is 5.32 Å². The van der Waals surface area contributed by atoms with Crippen LogP contribution in [0.25, 0.3) is 0 Å². The molecule has 2 heterocycles. The Balaban J connectivity index is 1.62. The van der Waals surface area contributed by atoms with Gasteiger partial charge in [-0.3, -0.25) is 4.79 Å². The molecule has 0 unspecified atom stereocenters. The van der Waals surface area contributed by atoms with Gasteiger partial charge in [0.1, 0.15) is 5.76 Å². The number of carbonyl (C=O) groups excluding carboxylic acids is 2. The zero-order valence-corrected chi connectivity index (χ0v) is 12.2. The van der Waals surface area contributed by atoms with E-state index in [1.54, 1.807) is 18.4 Å². The van der Waals surface area contributed by atoms with Crippen LogP contribution in [0.4, 0.5) is 0 Å². The minimum absolute atomic E-state index is 0.102. The van der Waals surface area contributed by atoms with Gasteiger partial charge in [0.2, 0.25) is 0 Å². The zero-order chi connectivity index (χ0) is 15.5. The van der Waals surface area contributed by atoms with Crippen molar-refractivity contribution in [1.82, 2.24) is 5.32 Å². The first-order valence-electron chi connectivity index (χ1n) is 7.25. The average Bonchev–Trinajstić information content (AvgIpc) is 3.00. The van der Waals surface area contributed by atoms with Gasteiger partial charge in [0, 0.05) is 18.9 Å². The van der Waals surface area contributed by atoms with Crippen molar-refractivity contribution in [1.29, 1.82) is 0 Å². The fourth-order valence-corrected chi connectivity index (χ4v) is 2.60. The number of furan rings is 1. The molecule has 114 valence electrons. The van der Waals surface area contributed by atoms with E-state index in [9.17, 15) is 9.59 Å². The third-order valence-corrected chi connectivity index (χ3v) is 3.66. The number of nitrogens with one attached hydrogen (secondary N) is 1. The molecule has 1 aliphatic heterocycles. The molecule has 0 bridgehead atoms. The monoisotopic (exact) mass is 299 g/mol. The molecule has 5 nitrogen and oxygen atoms in total. The van der Waals surface area contributed by atoms with Gasteiger partial charge in [-0.2, -0.15) is 0 Å². The van der Waals surface area contributed by atoms with Crippen molar-refractivity contribution in [3.63, 3.8) is 0 Å². The average molecular weight is 299 g/mol. The molecular weight excluding hydrogens is 282 g/mol. The topological polar surface area (TPSA) is 68.5 Å². The summed E-state index contributed by atoms with van der Waals surface area (Å²) in [6, 6.07) is 10.8. The van der Waals surface area contributed by atoms with Gasteiger partial charge in [-0.15, -0.1) is 0 Å². The molecule has 0 aliphatic carbocycles. The number of carbonyl (C=O) groups is 2. The summed E-state index contributed by atoms with van der Waals surface area (Å²) in [7, 11) is 0. The van der Waals surface area contributed by atoms with Crippen LogP contribution in [0, 0.1) is 0 Å². The predicted octanol–water partition coefficient (Wildman–Crippen LogP) is 2.11. The molecule has 1 aliphatic rings. The molecule has 0 fully saturated rings. The molecular formula is C17H17NO4. The Morgan fingerprint density at radius 1 is 1.32 bits per heavy atom. The Morgan fingerprint density at radius 2 is 2.14 bits per heavy atom. The lowest BCUT2D eigenvalue weighted by atomic mass is 9.98. The lowest BCUT2D eigenvalue weighted by Gasteiger charge is -2.25. The summed E-state index contributed by atoms with van der Waals surface area (Å²) >= 11 is 0. The van der Waals surface area contributed by atoms with Crippen LogP contribution in [0.1, 0.15) is 28.6 Å². The first-order valence-corrected chi connectivity index (χ1v) is 7.25. The van der Waals surface area contributed by atoms with Gasteiger partial charge in [0.05, 0.1) is 11.8 Å². The van der Waals surface area contributed by atoms with Gasteiger partial charge in [0.15, 0.2) is 6.10 Å². The maximum atomic E-state index is 12.3. The van der Waals surface area contributed by atoms with Gasteiger partial charge in [-0.1, -0.05) is 18.2 Å². The van der Waals surface area contributed by atoms with E-state index in [0.29, 0.717) is 18.4 Å². The molecule has 0 saturated carbocycles. The Hall–Kier alpha value is -2.56. The summed E-state index contributed by atoms with van der Waals surface area (Å²) in [4.78, 5) is 24.2. The van der Waals surface area contributed by atoms with Crippen molar-refractivity contribution in [2.45, 2.75) is 31.9 Å². The summed E-state index contributed by atoms with van der Waals surface area (Å²) in [6.07, 6.45) is 1.82. The molecule has 0 saturated heterocycles. The van der Waals surface area contributed by atoms with Gasteiger partial charge >= 0.3 is 5.97 Å². The lowest BCUT2D eigenvalue weighted by Crippen LogP contribution is -2.45. The SMILES string of the molecule is C[C@@H](Cc1ccco1)NC(=O)[C@@H]1Cc2ccccc2C(=O)O1. The maximum Gasteiger partial charge on any atom is 0.339 e. The van der Waals surface area contributed by atoms with E-state index in [-0.39, 0.29) is 11.9 Å². The summed E-state index contributed by atoms with van der Waals surface area (Å²) in [5.41, 5.74) is 1.38. The molecule has 1 aromatic heterocycles. The molecule has 0 spiro atoms. The van der Waals surface area contributed by atoms with E-state index >= 15 is 0 Å². The molecule has 22 heavy (non-hydrogen) atoms. The largest absolute Gasteiger partial charge is 0.469 e. The second-order valence-corrected chi connectivity index (χ2v) is 5.45. The molecule has 5 heteroatoms. The summed E-state index contributed by atoms with van der Waals surface area (Å²) < 4.78 is 10.5. The number of amides is 1. The van der Waals surface area contributed by atoms with Crippen molar-refractivity contribution < 1.29 is 18.7 Å². The fourth-order valence-electron chi connectivity index (χ4n) is 2.60. The summed E-state index contributed by atoms with van der Waals surface area (Å²) in [5.74, 6) is 0.0846. The highest BCUT2D eigenvalue weighted by molar-refractivity contribution is 5.95. The normalized spacial score (nSPS) is 18.2. The van der Waals surface area contributed by atoms with E-state index in [4.69, 9.17) is 9.15 Å². The van der Waals surface area contributed by atoms with Crippen LogP contribution in [0.3, 0.4) is 0 Å². The predicted molar refractivity (Wildman–Crippen MR) is 79.4 cm³/mol. The van der Waals surface area contributed by atoms with Crippen molar-refractivity contribution in [2.24, 2.45) is 0 Å². The van der Waals surface area contributed by atoms with Crippen LogP contribution in [-0.2, 0) is 22.4 Å². The highest BCUT2D eigenvalue weighted by Crippen LogP contribution is 2.20. The molecule has 1 N–H and O–H groups in total. The van der Waals surface area contributed by atoms with Crippen LogP contribution in [0.5, 0.6) is 0 Å². The van der Waals surface area contributed by atoms with Gasteiger partial charge < -0.3 is 14.5 Å². The van der Waals surface area contributed by atoms with Crippen molar-refractivity contribution in [3.05, 3.63) is 59.5 Å². The third-order valence-electron chi connectivity index (χ3n) is 3.66.